The summed E-state index contributed by atoms with van der Waals surface area (Å²) in [5, 5.41) is 9.80. The average molecular weight is 252 g/mol. The number of aliphatic hydroxyl groups excluding tert-OH is 1. The van der Waals surface area contributed by atoms with Crippen molar-refractivity contribution in [1.82, 2.24) is 0 Å². The van der Waals surface area contributed by atoms with Crippen molar-refractivity contribution < 1.29 is 19.3 Å². The summed E-state index contributed by atoms with van der Waals surface area (Å²) < 4.78 is 16.5. The van der Waals surface area contributed by atoms with Crippen LogP contribution in [0.3, 0.4) is 0 Å². The molecule has 0 heterocycles. The van der Waals surface area contributed by atoms with Crippen molar-refractivity contribution in [2.75, 3.05) is 14.2 Å². The summed E-state index contributed by atoms with van der Waals surface area (Å²) in [6.45, 7) is 0. The van der Waals surface area contributed by atoms with Crippen molar-refractivity contribution >= 4 is 0 Å². The maximum atomic E-state index is 9.80. The monoisotopic (exact) mass is 252 g/mol. The van der Waals surface area contributed by atoms with Crippen LogP contribution in [-0.4, -0.2) is 37.8 Å². The summed E-state index contributed by atoms with van der Waals surface area (Å²) in [6, 6.07) is 9.63. The second-order valence-corrected chi connectivity index (χ2v) is 4.60. The van der Waals surface area contributed by atoms with Crippen LogP contribution in [0.25, 0.3) is 0 Å². The fraction of sp³-hybridized carbons (Fsp3) is 0.571. The normalized spacial score (nSPS) is 27.7. The smallest absolute Gasteiger partial charge is 0.163 e. The van der Waals surface area contributed by atoms with Gasteiger partial charge in [-0.2, -0.15) is 0 Å². The van der Waals surface area contributed by atoms with Gasteiger partial charge in [-0.05, 0) is 18.6 Å². The summed E-state index contributed by atoms with van der Waals surface area (Å²) >= 11 is 0. The molecule has 100 valence electrons. The van der Waals surface area contributed by atoms with Crippen LogP contribution >= 0.6 is 0 Å². The van der Waals surface area contributed by atoms with Gasteiger partial charge in [0.25, 0.3) is 0 Å². The van der Waals surface area contributed by atoms with E-state index in [1.54, 1.807) is 14.2 Å². The number of methoxy groups -OCH3 is 2. The largest absolute Gasteiger partial charge is 0.490 e. The molecule has 0 aliphatic heterocycles. The maximum absolute atomic E-state index is 9.80. The van der Waals surface area contributed by atoms with Crippen LogP contribution in [-0.2, 0) is 9.47 Å². The molecule has 1 aromatic rings. The minimum atomic E-state index is -0.350. The van der Waals surface area contributed by atoms with E-state index in [2.05, 4.69) is 0 Å². The molecule has 0 spiro atoms. The molecule has 1 aliphatic carbocycles. The molecule has 3 unspecified atom stereocenters. The van der Waals surface area contributed by atoms with E-state index in [1.807, 2.05) is 30.3 Å². The lowest BCUT2D eigenvalue weighted by Gasteiger charge is -2.26. The first-order chi connectivity index (χ1) is 8.74. The topological polar surface area (TPSA) is 47.9 Å². The van der Waals surface area contributed by atoms with E-state index in [0.29, 0.717) is 12.8 Å². The van der Waals surface area contributed by atoms with Gasteiger partial charge in [0.2, 0.25) is 0 Å². The predicted molar refractivity (Wildman–Crippen MR) is 67.4 cm³/mol. The zero-order chi connectivity index (χ0) is 13.0. The molecule has 1 fully saturated rings. The number of rotatable bonds is 5. The molecule has 0 saturated heterocycles. The van der Waals surface area contributed by atoms with E-state index in [1.165, 1.54) is 0 Å². The van der Waals surface area contributed by atoms with Gasteiger partial charge in [0.15, 0.2) is 6.29 Å². The molecular weight excluding hydrogens is 232 g/mol. The Hall–Kier alpha value is -1.10. The second-order valence-electron chi connectivity index (χ2n) is 4.60. The van der Waals surface area contributed by atoms with Gasteiger partial charge in [-0.25, -0.2) is 0 Å². The van der Waals surface area contributed by atoms with Crippen molar-refractivity contribution in [3.63, 3.8) is 0 Å². The molecule has 0 radical (unpaired) electrons. The van der Waals surface area contributed by atoms with Crippen molar-refractivity contribution in [2.24, 2.45) is 5.92 Å². The molecule has 2 rings (SSSR count). The van der Waals surface area contributed by atoms with E-state index in [0.717, 1.165) is 5.75 Å². The third kappa shape index (κ3) is 3.02. The SMILES string of the molecule is COC(OC)C1CC(O)CC1Oc1ccccc1. The summed E-state index contributed by atoms with van der Waals surface area (Å²) in [4.78, 5) is 0. The number of hydrogen-bond acceptors (Lipinski definition) is 4. The van der Waals surface area contributed by atoms with E-state index < -0.39 is 0 Å². The highest BCUT2D eigenvalue weighted by Gasteiger charge is 2.40. The van der Waals surface area contributed by atoms with Gasteiger partial charge in [0, 0.05) is 26.6 Å². The molecular formula is C14H20O4. The molecule has 0 amide bonds. The van der Waals surface area contributed by atoms with Gasteiger partial charge in [-0.1, -0.05) is 18.2 Å². The predicted octanol–water partition coefficient (Wildman–Crippen LogP) is 1.82. The Kier molecular flexibility index (Phi) is 4.58. The van der Waals surface area contributed by atoms with E-state index >= 15 is 0 Å². The Bertz CT molecular complexity index is 350. The molecule has 3 atom stereocenters. The van der Waals surface area contributed by atoms with Crippen molar-refractivity contribution in [3.05, 3.63) is 30.3 Å². The van der Waals surface area contributed by atoms with E-state index in [4.69, 9.17) is 14.2 Å². The van der Waals surface area contributed by atoms with Gasteiger partial charge in [-0.15, -0.1) is 0 Å². The average Bonchev–Trinajstić information content (AvgIpc) is 2.73. The molecule has 4 heteroatoms. The Morgan fingerprint density at radius 1 is 1.11 bits per heavy atom. The fourth-order valence-corrected chi connectivity index (χ4v) is 2.55. The number of benzene rings is 1. The second kappa shape index (κ2) is 6.18. The van der Waals surface area contributed by atoms with Gasteiger partial charge < -0.3 is 19.3 Å². The highest BCUT2D eigenvalue weighted by atomic mass is 16.7. The highest BCUT2D eigenvalue weighted by molar-refractivity contribution is 5.21. The molecule has 1 N–H and O–H groups in total. The quantitative estimate of drug-likeness (QED) is 0.812. The highest BCUT2D eigenvalue weighted by Crippen LogP contribution is 2.33. The molecule has 1 saturated carbocycles. The lowest BCUT2D eigenvalue weighted by atomic mass is 10.1. The zero-order valence-corrected chi connectivity index (χ0v) is 10.8. The first-order valence-electron chi connectivity index (χ1n) is 6.20. The number of aliphatic hydroxyl groups is 1. The Morgan fingerprint density at radius 2 is 1.78 bits per heavy atom. The first-order valence-corrected chi connectivity index (χ1v) is 6.20. The summed E-state index contributed by atoms with van der Waals surface area (Å²) in [6.07, 6.45) is 0.492. The maximum Gasteiger partial charge on any atom is 0.163 e. The Morgan fingerprint density at radius 3 is 2.39 bits per heavy atom. The van der Waals surface area contributed by atoms with Crippen LogP contribution in [0.4, 0.5) is 0 Å². The first kappa shape index (κ1) is 13.3. The van der Waals surface area contributed by atoms with Gasteiger partial charge in [0.05, 0.1) is 6.10 Å². The molecule has 4 nitrogen and oxygen atoms in total. The van der Waals surface area contributed by atoms with E-state index in [9.17, 15) is 5.11 Å². The fourth-order valence-electron chi connectivity index (χ4n) is 2.55. The summed E-state index contributed by atoms with van der Waals surface area (Å²) in [5.74, 6) is 0.864. The number of ether oxygens (including phenoxy) is 3. The third-order valence-corrected chi connectivity index (χ3v) is 3.37. The standard InChI is InChI=1S/C14H20O4/c1-16-14(17-2)12-8-10(15)9-13(12)18-11-6-4-3-5-7-11/h3-7,10,12-15H,8-9H2,1-2H3. The van der Waals surface area contributed by atoms with Gasteiger partial charge in [-0.3, -0.25) is 0 Å². The minimum absolute atomic E-state index is 0.0511. The van der Waals surface area contributed by atoms with Crippen LogP contribution in [0.15, 0.2) is 30.3 Å². The third-order valence-electron chi connectivity index (χ3n) is 3.37. The van der Waals surface area contributed by atoms with E-state index in [-0.39, 0.29) is 24.4 Å². The van der Waals surface area contributed by atoms with Crippen LogP contribution in [0, 0.1) is 5.92 Å². The number of hydrogen-bond donors (Lipinski definition) is 1. The molecule has 0 bridgehead atoms. The molecule has 1 aliphatic rings. The summed E-state index contributed by atoms with van der Waals surface area (Å²) in [5.41, 5.74) is 0. The Balaban J connectivity index is 2.05. The molecule has 0 aromatic heterocycles. The van der Waals surface area contributed by atoms with Crippen molar-refractivity contribution in [2.45, 2.75) is 31.3 Å². The molecule has 1 aromatic carbocycles. The Labute approximate surface area is 107 Å². The van der Waals surface area contributed by atoms with Crippen LogP contribution in [0.2, 0.25) is 0 Å². The van der Waals surface area contributed by atoms with Gasteiger partial charge >= 0.3 is 0 Å². The van der Waals surface area contributed by atoms with Crippen molar-refractivity contribution in [3.8, 4) is 5.75 Å². The van der Waals surface area contributed by atoms with Gasteiger partial charge in [0.1, 0.15) is 11.9 Å². The lowest BCUT2D eigenvalue weighted by Crippen LogP contribution is -2.34. The van der Waals surface area contributed by atoms with Crippen LogP contribution < -0.4 is 4.74 Å². The zero-order valence-electron chi connectivity index (χ0n) is 10.8. The molecule has 18 heavy (non-hydrogen) atoms. The minimum Gasteiger partial charge on any atom is -0.490 e. The lowest BCUT2D eigenvalue weighted by molar-refractivity contribution is -0.152. The van der Waals surface area contributed by atoms with Crippen molar-refractivity contribution in [1.29, 1.82) is 0 Å². The number of para-hydroxylation sites is 1. The van der Waals surface area contributed by atoms with Crippen LogP contribution in [0.5, 0.6) is 5.75 Å². The summed E-state index contributed by atoms with van der Waals surface area (Å²) in [7, 11) is 3.22. The van der Waals surface area contributed by atoms with Crippen LogP contribution in [0.1, 0.15) is 12.8 Å².